The van der Waals surface area contributed by atoms with Gasteiger partial charge in [-0.3, -0.25) is 4.79 Å². The van der Waals surface area contributed by atoms with Crippen LogP contribution < -0.4 is 14.8 Å². The molecule has 0 radical (unpaired) electrons. The van der Waals surface area contributed by atoms with E-state index >= 15 is 0 Å². The molecule has 1 N–H and O–H groups in total. The van der Waals surface area contributed by atoms with Crippen molar-refractivity contribution >= 4 is 5.91 Å². The fraction of sp³-hybridized carbons (Fsp3) is 0.458. The van der Waals surface area contributed by atoms with E-state index in [9.17, 15) is 9.18 Å². The minimum Gasteiger partial charge on any atom is -0.493 e. The maximum Gasteiger partial charge on any atom is 0.251 e. The van der Waals surface area contributed by atoms with E-state index in [1.54, 1.807) is 7.11 Å². The number of carbonyl (C=O) groups excluding carboxylic acids is 1. The number of methoxy groups -OCH3 is 1. The van der Waals surface area contributed by atoms with E-state index in [2.05, 4.69) is 5.32 Å². The van der Waals surface area contributed by atoms with Crippen molar-refractivity contribution in [3.05, 3.63) is 59.2 Å². The van der Waals surface area contributed by atoms with Crippen LogP contribution in [0, 0.1) is 5.92 Å². The second-order valence-electron chi connectivity index (χ2n) is 7.69. The molecule has 29 heavy (non-hydrogen) atoms. The Hall–Kier alpha value is -2.56. The number of halogens is 1. The first kappa shape index (κ1) is 19.7. The van der Waals surface area contributed by atoms with Gasteiger partial charge >= 0.3 is 0 Å². The van der Waals surface area contributed by atoms with Crippen molar-refractivity contribution in [2.45, 2.75) is 57.3 Å². The molecule has 2 aliphatic carbocycles. The summed E-state index contributed by atoms with van der Waals surface area (Å²) >= 11 is 0. The van der Waals surface area contributed by atoms with Gasteiger partial charge in [-0.2, -0.15) is 0 Å². The molecule has 0 spiro atoms. The Labute approximate surface area is 171 Å². The van der Waals surface area contributed by atoms with Crippen molar-refractivity contribution in [1.29, 1.82) is 0 Å². The number of hydrogen-bond acceptors (Lipinski definition) is 3. The van der Waals surface area contributed by atoms with Crippen LogP contribution in [0.25, 0.3) is 0 Å². The number of carbonyl (C=O) groups is 1. The van der Waals surface area contributed by atoms with Crippen LogP contribution in [-0.2, 0) is 6.42 Å². The highest BCUT2D eigenvalue weighted by atomic mass is 19.1. The summed E-state index contributed by atoms with van der Waals surface area (Å²) in [6, 6.07) is 13.1. The Bertz CT molecular complexity index is 885. The van der Waals surface area contributed by atoms with Gasteiger partial charge in [0.1, 0.15) is 12.3 Å². The van der Waals surface area contributed by atoms with Crippen molar-refractivity contribution in [3.8, 4) is 11.5 Å². The first-order valence-corrected chi connectivity index (χ1v) is 10.5. The van der Waals surface area contributed by atoms with E-state index in [0.29, 0.717) is 23.5 Å². The third kappa shape index (κ3) is 3.26. The third-order valence-electron chi connectivity index (χ3n) is 6.31. The SMILES string of the molecule is CC.COc1ccc2c3c1O[C@@H]1C(F)CCC(C31)[C@@H](NC(=O)c1ccccc1)C2. The van der Waals surface area contributed by atoms with Crippen LogP contribution in [0.2, 0.25) is 0 Å². The zero-order chi connectivity index (χ0) is 20.5. The van der Waals surface area contributed by atoms with Crippen molar-refractivity contribution in [2.75, 3.05) is 7.11 Å². The molecular weight excluding hydrogens is 369 g/mol. The lowest BCUT2D eigenvalue weighted by molar-refractivity contribution is 0.0277. The van der Waals surface area contributed by atoms with Crippen LogP contribution in [0.4, 0.5) is 4.39 Å². The van der Waals surface area contributed by atoms with Gasteiger partial charge in [-0.15, -0.1) is 0 Å². The lowest BCUT2D eigenvalue weighted by atomic mass is 9.65. The van der Waals surface area contributed by atoms with Gasteiger partial charge in [0.2, 0.25) is 0 Å². The number of nitrogens with one attached hydrogen (secondary N) is 1. The molecule has 1 amide bonds. The Kier molecular flexibility index (Phi) is 5.48. The molecule has 3 unspecified atom stereocenters. The summed E-state index contributed by atoms with van der Waals surface area (Å²) in [5.41, 5.74) is 2.87. The molecule has 4 nitrogen and oxygen atoms in total. The highest BCUT2D eigenvalue weighted by Crippen LogP contribution is 2.57. The molecule has 1 heterocycles. The van der Waals surface area contributed by atoms with E-state index in [1.807, 2.05) is 56.3 Å². The van der Waals surface area contributed by atoms with Crippen LogP contribution in [-0.4, -0.2) is 31.3 Å². The van der Waals surface area contributed by atoms with E-state index in [0.717, 1.165) is 24.0 Å². The van der Waals surface area contributed by atoms with Gasteiger partial charge in [0, 0.05) is 23.1 Å². The van der Waals surface area contributed by atoms with Gasteiger partial charge in [0.15, 0.2) is 11.5 Å². The molecule has 0 bridgehead atoms. The first-order chi connectivity index (χ1) is 14.2. The summed E-state index contributed by atoms with van der Waals surface area (Å²) in [6.45, 7) is 4.00. The maximum atomic E-state index is 14.7. The van der Waals surface area contributed by atoms with Gasteiger partial charge in [-0.25, -0.2) is 4.39 Å². The molecule has 2 aromatic carbocycles. The largest absolute Gasteiger partial charge is 0.493 e. The molecule has 2 aromatic rings. The van der Waals surface area contributed by atoms with Crippen LogP contribution in [0.1, 0.15) is 54.1 Å². The number of rotatable bonds is 3. The van der Waals surface area contributed by atoms with Gasteiger partial charge in [0.05, 0.1) is 7.11 Å². The van der Waals surface area contributed by atoms with Crippen LogP contribution >= 0.6 is 0 Å². The number of alkyl halides is 1. The van der Waals surface area contributed by atoms with Crippen molar-refractivity contribution in [2.24, 2.45) is 5.92 Å². The summed E-state index contributed by atoms with van der Waals surface area (Å²) < 4.78 is 26.2. The Morgan fingerprint density at radius 1 is 1.14 bits per heavy atom. The van der Waals surface area contributed by atoms with E-state index in [4.69, 9.17) is 9.47 Å². The summed E-state index contributed by atoms with van der Waals surface area (Å²) in [6.07, 6.45) is 0.487. The molecule has 3 aliphatic rings. The second-order valence-corrected chi connectivity index (χ2v) is 7.69. The van der Waals surface area contributed by atoms with E-state index in [-0.39, 0.29) is 23.8 Å². The molecular formula is C24H28FNO3. The Balaban J connectivity index is 0.000000994. The zero-order valence-electron chi connectivity index (χ0n) is 17.2. The highest BCUT2D eigenvalue weighted by Gasteiger charge is 2.53. The maximum absolute atomic E-state index is 14.7. The van der Waals surface area contributed by atoms with E-state index in [1.165, 1.54) is 0 Å². The highest BCUT2D eigenvalue weighted by molar-refractivity contribution is 5.94. The quantitative estimate of drug-likeness (QED) is 0.819. The fourth-order valence-corrected chi connectivity index (χ4v) is 5.11. The monoisotopic (exact) mass is 397 g/mol. The molecule has 154 valence electrons. The topological polar surface area (TPSA) is 47.6 Å². The predicted molar refractivity (Wildman–Crippen MR) is 111 cm³/mol. The summed E-state index contributed by atoms with van der Waals surface area (Å²) in [7, 11) is 1.61. The summed E-state index contributed by atoms with van der Waals surface area (Å²) in [5, 5.41) is 3.21. The molecule has 0 saturated heterocycles. The number of benzene rings is 2. The van der Waals surface area contributed by atoms with Crippen molar-refractivity contribution < 1.29 is 18.7 Å². The van der Waals surface area contributed by atoms with E-state index < -0.39 is 12.3 Å². The minimum absolute atomic E-state index is 0.0202. The molecule has 5 heteroatoms. The van der Waals surface area contributed by atoms with Gasteiger partial charge in [0.25, 0.3) is 5.91 Å². The third-order valence-corrected chi connectivity index (χ3v) is 6.31. The predicted octanol–water partition coefficient (Wildman–Crippen LogP) is 4.67. The molecule has 1 fully saturated rings. The standard InChI is InChI=1S/C22H22FNO3.C2H6/c1-26-17-10-7-13-11-16(24-22(25)12-5-3-2-4-6-12)14-8-9-15(23)20-19(14)18(13)21(17)27-20;1-2/h2-7,10,14-16,19-20H,8-9,11H2,1H3,(H,24,25);1-2H3/t14?,15?,16-,19?,20+;/m0./s1. The lowest BCUT2D eigenvalue weighted by Gasteiger charge is -2.43. The smallest absolute Gasteiger partial charge is 0.251 e. The average Bonchev–Trinajstić information content (AvgIpc) is 3.18. The molecule has 0 aromatic heterocycles. The van der Waals surface area contributed by atoms with Crippen LogP contribution in [0.15, 0.2) is 42.5 Å². The molecule has 1 aliphatic heterocycles. The first-order valence-electron chi connectivity index (χ1n) is 10.5. The summed E-state index contributed by atoms with van der Waals surface area (Å²) in [5.74, 6) is 1.45. The van der Waals surface area contributed by atoms with Gasteiger partial charge < -0.3 is 14.8 Å². The molecule has 5 rings (SSSR count). The molecule has 5 atom stereocenters. The Morgan fingerprint density at radius 2 is 1.90 bits per heavy atom. The number of hydrogen-bond donors (Lipinski definition) is 1. The number of amides is 1. The minimum atomic E-state index is -0.986. The van der Waals surface area contributed by atoms with Crippen molar-refractivity contribution in [1.82, 2.24) is 5.32 Å². The van der Waals surface area contributed by atoms with Crippen LogP contribution in [0.5, 0.6) is 11.5 Å². The second kappa shape index (κ2) is 8.05. The van der Waals surface area contributed by atoms with Gasteiger partial charge in [-0.05, 0) is 48.9 Å². The lowest BCUT2D eigenvalue weighted by Crippen LogP contribution is -2.52. The number of ether oxygens (including phenoxy) is 2. The van der Waals surface area contributed by atoms with Crippen molar-refractivity contribution in [3.63, 3.8) is 0 Å². The normalized spacial score (nSPS) is 28.3. The fourth-order valence-electron chi connectivity index (χ4n) is 5.11. The molecule has 1 saturated carbocycles. The summed E-state index contributed by atoms with van der Waals surface area (Å²) in [4.78, 5) is 12.7. The van der Waals surface area contributed by atoms with Crippen LogP contribution in [0.3, 0.4) is 0 Å². The van der Waals surface area contributed by atoms with Gasteiger partial charge in [-0.1, -0.05) is 38.1 Å². The Morgan fingerprint density at radius 3 is 2.62 bits per heavy atom. The average molecular weight is 397 g/mol. The zero-order valence-corrected chi connectivity index (χ0v) is 17.2.